The molecule has 0 saturated carbocycles. The van der Waals surface area contributed by atoms with E-state index in [1.165, 1.54) is 12.1 Å². The van der Waals surface area contributed by atoms with Crippen LogP contribution in [0.1, 0.15) is 11.1 Å². The lowest BCUT2D eigenvalue weighted by Gasteiger charge is -2.14. The predicted octanol–water partition coefficient (Wildman–Crippen LogP) is 2.63. The third kappa shape index (κ3) is 7.11. The van der Waals surface area contributed by atoms with E-state index in [0.717, 1.165) is 23.4 Å². The van der Waals surface area contributed by atoms with Crippen molar-refractivity contribution in [2.75, 3.05) is 34.3 Å². The summed E-state index contributed by atoms with van der Waals surface area (Å²) in [5, 5.41) is 6.43. The molecular formula is C20H27FN4O. The fourth-order valence-electron chi connectivity index (χ4n) is 2.33. The minimum absolute atomic E-state index is 0.238. The number of benzene rings is 2. The normalized spacial score (nSPS) is 11.5. The number of aliphatic imine (C=N–C) groups is 1. The van der Waals surface area contributed by atoms with Gasteiger partial charge in [0.15, 0.2) is 5.96 Å². The van der Waals surface area contributed by atoms with Gasteiger partial charge in [-0.3, -0.25) is 4.99 Å². The molecule has 0 spiro atoms. The first-order chi connectivity index (χ1) is 12.6. The zero-order chi connectivity index (χ0) is 18.8. The molecule has 2 aromatic carbocycles. The van der Waals surface area contributed by atoms with Gasteiger partial charge in [-0.15, -0.1) is 0 Å². The van der Waals surface area contributed by atoms with Crippen LogP contribution in [-0.4, -0.2) is 45.2 Å². The molecule has 2 rings (SSSR count). The highest BCUT2D eigenvalue weighted by Gasteiger charge is 2.02. The highest BCUT2D eigenvalue weighted by Crippen LogP contribution is 2.13. The minimum atomic E-state index is -0.238. The molecule has 6 heteroatoms. The van der Waals surface area contributed by atoms with Gasteiger partial charge >= 0.3 is 0 Å². The molecule has 0 amide bonds. The number of ether oxygens (including phenoxy) is 1. The van der Waals surface area contributed by atoms with Crippen LogP contribution < -0.4 is 15.4 Å². The van der Waals surface area contributed by atoms with Crippen molar-refractivity contribution in [3.05, 3.63) is 65.5 Å². The first-order valence-electron chi connectivity index (χ1n) is 8.62. The number of halogens is 1. The van der Waals surface area contributed by atoms with E-state index in [9.17, 15) is 4.39 Å². The lowest BCUT2D eigenvalue weighted by atomic mass is 10.2. The number of rotatable bonds is 8. The topological polar surface area (TPSA) is 48.9 Å². The monoisotopic (exact) mass is 358 g/mol. The van der Waals surface area contributed by atoms with Crippen LogP contribution in [0.4, 0.5) is 4.39 Å². The predicted molar refractivity (Wildman–Crippen MR) is 104 cm³/mol. The van der Waals surface area contributed by atoms with E-state index < -0.39 is 0 Å². The van der Waals surface area contributed by atoms with Crippen molar-refractivity contribution in [1.82, 2.24) is 15.5 Å². The van der Waals surface area contributed by atoms with Crippen molar-refractivity contribution in [3.8, 4) is 5.75 Å². The number of likely N-dealkylation sites (N-methyl/N-ethyl adjacent to an activating group) is 1. The minimum Gasteiger partial charge on any atom is -0.492 e. The molecule has 0 aliphatic rings. The average Bonchev–Trinajstić information content (AvgIpc) is 2.62. The fourth-order valence-corrected chi connectivity index (χ4v) is 2.33. The van der Waals surface area contributed by atoms with E-state index in [1.54, 1.807) is 13.1 Å². The third-order valence-corrected chi connectivity index (χ3v) is 3.74. The molecule has 5 nitrogen and oxygen atoms in total. The molecular weight excluding hydrogens is 331 g/mol. The van der Waals surface area contributed by atoms with Gasteiger partial charge in [0.25, 0.3) is 0 Å². The van der Waals surface area contributed by atoms with Gasteiger partial charge in [-0.25, -0.2) is 4.39 Å². The maximum absolute atomic E-state index is 13.2. The summed E-state index contributed by atoms with van der Waals surface area (Å²) in [6.45, 7) is 2.65. The average molecular weight is 358 g/mol. The van der Waals surface area contributed by atoms with Crippen LogP contribution in [0.15, 0.2) is 53.5 Å². The Morgan fingerprint density at radius 3 is 2.31 bits per heavy atom. The Morgan fingerprint density at radius 2 is 1.69 bits per heavy atom. The SMILES string of the molecule is CN=C(NCc1cccc(F)c1)NCc1cccc(OCCN(C)C)c1. The Bertz CT molecular complexity index is 718. The Kier molecular flexibility index (Phi) is 7.89. The second-order valence-electron chi connectivity index (χ2n) is 6.21. The summed E-state index contributed by atoms with van der Waals surface area (Å²) in [6, 6.07) is 14.5. The maximum Gasteiger partial charge on any atom is 0.191 e. The molecule has 0 aromatic heterocycles. The van der Waals surface area contributed by atoms with Crippen molar-refractivity contribution in [3.63, 3.8) is 0 Å². The van der Waals surface area contributed by atoms with Gasteiger partial charge in [-0.05, 0) is 49.5 Å². The summed E-state index contributed by atoms with van der Waals surface area (Å²) in [5.74, 6) is 1.28. The van der Waals surface area contributed by atoms with Crippen molar-refractivity contribution in [2.24, 2.45) is 4.99 Å². The van der Waals surface area contributed by atoms with E-state index in [4.69, 9.17) is 4.74 Å². The quantitative estimate of drug-likeness (QED) is 0.563. The maximum atomic E-state index is 13.2. The molecule has 140 valence electrons. The molecule has 0 aliphatic carbocycles. The number of guanidine groups is 1. The second-order valence-corrected chi connectivity index (χ2v) is 6.21. The van der Waals surface area contributed by atoms with Crippen molar-refractivity contribution >= 4 is 5.96 Å². The van der Waals surface area contributed by atoms with Gasteiger partial charge in [0.1, 0.15) is 18.2 Å². The van der Waals surface area contributed by atoms with Gasteiger partial charge in [0.2, 0.25) is 0 Å². The lowest BCUT2D eigenvalue weighted by Crippen LogP contribution is -2.36. The highest BCUT2D eigenvalue weighted by atomic mass is 19.1. The van der Waals surface area contributed by atoms with Gasteiger partial charge < -0.3 is 20.3 Å². The standard InChI is InChI=1S/C20H27FN4O/c1-22-20(23-14-16-6-4-8-18(21)12-16)24-15-17-7-5-9-19(13-17)26-11-10-25(2)3/h4-9,12-13H,10-11,14-15H2,1-3H3,(H2,22,23,24). The van der Waals surface area contributed by atoms with Crippen LogP contribution in [0.2, 0.25) is 0 Å². The van der Waals surface area contributed by atoms with Gasteiger partial charge in [-0.1, -0.05) is 24.3 Å². The molecule has 0 aliphatic heterocycles. The Balaban J connectivity index is 1.82. The molecule has 0 bridgehead atoms. The zero-order valence-electron chi connectivity index (χ0n) is 15.6. The van der Waals surface area contributed by atoms with Gasteiger partial charge in [0.05, 0.1) is 0 Å². The first-order valence-corrected chi connectivity index (χ1v) is 8.62. The zero-order valence-corrected chi connectivity index (χ0v) is 15.6. The largest absolute Gasteiger partial charge is 0.492 e. The van der Waals surface area contributed by atoms with E-state index in [-0.39, 0.29) is 5.82 Å². The number of hydrogen-bond acceptors (Lipinski definition) is 3. The van der Waals surface area contributed by atoms with Crippen LogP contribution >= 0.6 is 0 Å². The fraction of sp³-hybridized carbons (Fsp3) is 0.350. The summed E-state index contributed by atoms with van der Waals surface area (Å²) in [5.41, 5.74) is 1.96. The van der Waals surface area contributed by atoms with Crippen LogP contribution in [0, 0.1) is 5.82 Å². The van der Waals surface area contributed by atoms with E-state index in [2.05, 4.69) is 20.5 Å². The van der Waals surface area contributed by atoms with Crippen molar-refractivity contribution < 1.29 is 9.13 Å². The molecule has 0 radical (unpaired) electrons. The molecule has 0 atom stereocenters. The van der Waals surface area contributed by atoms with E-state index >= 15 is 0 Å². The Morgan fingerprint density at radius 1 is 1.04 bits per heavy atom. The second kappa shape index (κ2) is 10.4. The van der Waals surface area contributed by atoms with Crippen LogP contribution in [0.3, 0.4) is 0 Å². The molecule has 0 heterocycles. The highest BCUT2D eigenvalue weighted by molar-refractivity contribution is 5.79. The molecule has 2 N–H and O–H groups in total. The van der Waals surface area contributed by atoms with Crippen LogP contribution in [0.5, 0.6) is 5.75 Å². The molecule has 0 unspecified atom stereocenters. The van der Waals surface area contributed by atoms with Gasteiger partial charge in [0, 0.05) is 26.7 Å². The Hall–Kier alpha value is -2.60. The smallest absolute Gasteiger partial charge is 0.191 e. The van der Waals surface area contributed by atoms with E-state index in [1.807, 2.05) is 44.4 Å². The molecule has 2 aromatic rings. The van der Waals surface area contributed by atoms with Crippen molar-refractivity contribution in [2.45, 2.75) is 13.1 Å². The third-order valence-electron chi connectivity index (χ3n) is 3.74. The van der Waals surface area contributed by atoms with Crippen LogP contribution in [0.25, 0.3) is 0 Å². The lowest BCUT2D eigenvalue weighted by molar-refractivity contribution is 0.261. The number of nitrogens with zero attached hydrogens (tertiary/aromatic N) is 2. The summed E-state index contributed by atoms with van der Waals surface area (Å²) < 4.78 is 19.0. The number of hydrogen-bond donors (Lipinski definition) is 2. The first kappa shape index (κ1) is 19.7. The molecule has 0 fully saturated rings. The molecule has 26 heavy (non-hydrogen) atoms. The van der Waals surface area contributed by atoms with Crippen molar-refractivity contribution in [1.29, 1.82) is 0 Å². The summed E-state index contributed by atoms with van der Waals surface area (Å²) >= 11 is 0. The van der Waals surface area contributed by atoms with E-state index in [0.29, 0.717) is 25.7 Å². The van der Waals surface area contributed by atoms with Crippen LogP contribution in [-0.2, 0) is 13.1 Å². The summed E-state index contributed by atoms with van der Waals surface area (Å²) in [6.07, 6.45) is 0. The summed E-state index contributed by atoms with van der Waals surface area (Å²) in [7, 11) is 5.75. The number of nitrogens with one attached hydrogen (secondary N) is 2. The molecule has 0 saturated heterocycles. The van der Waals surface area contributed by atoms with Gasteiger partial charge in [-0.2, -0.15) is 0 Å². The Labute approximate surface area is 154 Å². The summed E-state index contributed by atoms with van der Waals surface area (Å²) in [4.78, 5) is 6.28.